The lowest BCUT2D eigenvalue weighted by Gasteiger charge is -2.24. The molecule has 0 bridgehead atoms. The predicted octanol–water partition coefficient (Wildman–Crippen LogP) is 12.6. The Hall–Kier alpha value is -1.92. The third-order valence-electron chi connectivity index (χ3n) is 9.98. The van der Waals surface area contributed by atoms with Gasteiger partial charge in [-0.15, -0.1) is 0 Å². The summed E-state index contributed by atoms with van der Waals surface area (Å²) in [7, 11) is 0. The molecule has 3 atom stereocenters. The molecule has 6 heteroatoms. The van der Waals surface area contributed by atoms with Crippen LogP contribution in [0.4, 0.5) is 0 Å². The van der Waals surface area contributed by atoms with Gasteiger partial charge in [-0.25, -0.2) is 0 Å². The number of nitrogens with one attached hydrogen (secondary N) is 1. The lowest BCUT2D eigenvalue weighted by atomic mass is 10.0. The van der Waals surface area contributed by atoms with Gasteiger partial charge in [-0.1, -0.05) is 186 Å². The fourth-order valence-electron chi connectivity index (χ4n) is 6.62. The molecule has 0 heterocycles. The number of amides is 1. The summed E-state index contributed by atoms with van der Waals surface area (Å²) in [6.45, 7) is 6.32. The molecule has 0 fully saturated rings. The van der Waals surface area contributed by atoms with Crippen molar-refractivity contribution in [3.63, 3.8) is 0 Å². The van der Waals surface area contributed by atoms with E-state index in [1.165, 1.54) is 89.9 Å². The van der Waals surface area contributed by atoms with Gasteiger partial charge >= 0.3 is 5.97 Å². The van der Waals surface area contributed by atoms with Crippen LogP contribution in [-0.4, -0.2) is 46.9 Å². The van der Waals surface area contributed by atoms with Crippen LogP contribution < -0.4 is 5.32 Å². The van der Waals surface area contributed by atoms with E-state index in [9.17, 15) is 19.8 Å². The van der Waals surface area contributed by atoms with E-state index < -0.39 is 18.2 Å². The zero-order valence-electron chi connectivity index (χ0n) is 34.4. The maximum Gasteiger partial charge on any atom is 0.306 e. The van der Waals surface area contributed by atoms with Crippen LogP contribution >= 0.6 is 0 Å². The van der Waals surface area contributed by atoms with Gasteiger partial charge in [0.15, 0.2) is 0 Å². The first-order valence-electron chi connectivity index (χ1n) is 22.2. The third kappa shape index (κ3) is 35.1. The number of ether oxygens (including phenoxy) is 1. The second-order valence-corrected chi connectivity index (χ2v) is 15.1. The summed E-state index contributed by atoms with van der Waals surface area (Å²) >= 11 is 0. The van der Waals surface area contributed by atoms with Crippen molar-refractivity contribution in [2.24, 2.45) is 0 Å². The summed E-state index contributed by atoms with van der Waals surface area (Å²) in [5, 5.41) is 23.6. The van der Waals surface area contributed by atoms with E-state index in [1.54, 1.807) is 0 Å². The topological polar surface area (TPSA) is 95.9 Å². The standard InChI is InChI=1S/C46H85NO5/c1-4-7-10-13-16-19-21-22-23-24-27-30-33-36-39-46(51)52-42(37-34-31-28-25-18-15-12-9-6-3)40-45(50)47-43(41-48)44(49)38-35-32-29-26-20-17-14-11-8-5-2/h7,10,16,19,22-23,42-44,48-49H,4-6,8-9,11-15,17-18,20-21,24-41H2,1-3H3,(H,47,50)/b10-7+,19-16+,23-22+. The number of allylic oxidation sites excluding steroid dienone is 6. The van der Waals surface area contributed by atoms with Crippen LogP contribution in [0.25, 0.3) is 0 Å². The first-order chi connectivity index (χ1) is 25.5. The highest BCUT2D eigenvalue weighted by atomic mass is 16.5. The van der Waals surface area contributed by atoms with Crippen molar-refractivity contribution in [2.45, 2.75) is 238 Å². The van der Waals surface area contributed by atoms with Gasteiger partial charge in [-0.3, -0.25) is 9.59 Å². The van der Waals surface area contributed by atoms with Gasteiger partial charge in [0, 0.05) is 6.42 Å². The minimum Gasteiger partial charge on any atom is -0.462 e. The number of carbonyl (C=O) groups excluding carboxylic acids is 2. The normalized spacial score (nSPS) is 13.7. The SMILES string of the molecule is CC/C=C/C/C=C/C/C=C/CCCCCCC(=O)OC(CCCCCCCCCCC)CC(=O)NC(CO)C(O)CCCCCCCCCCCC. The molecular weight excluding hydrogens is 647 g/mol. The summed E-state index contributed by atoms with van der Waals surface area (Å²) in [5.41, 5.74) is 0. The zero-order chi connectivity index (χ0) is 38.2. The van der Waals surface area contributed by atoms with Crippen LogP contribution in [0.2, 0.25) is 0 Å². The van der Waals surface area contributed by atoms with Crippen LogP contribution in [0.15, 0.2) is 36.5 Å². The summed E-state index contributed by atoms with van der Waals surface area (Å²) in [4.78, 5) is 25.9. The molecule has 0 rings (SSSR count). The lowest BCUT2D eigenvalue weighted by molar-refractivity contribution is -0.151. The number of hydrogen-bond donors (Lipinski definition) is 3. The smallest absolute Gasteiger partial charge is 0.306 e. The molecule has 0 aromatic carbocycles. The first kappa shape index (κ1) is 50.1. The van der Waals surface area contributed by atoms with E-state index in [1.807, 2.05) is 0 Å². The Labute approximate surface area is 322 Å². The van der Waals surface area contributed by atoms with E-state index in [0.717, 1.165) is 83.5 Å². The Morgan fingerprint density at radius 1 is 0.577 bits per heavy atom. The maximum absolute atomic E-state index is 13.1. The van der Waals surface area contributed by atoms with Crippen LogP contribution in [0.3, 0.4) is 0 Å². The number of aliphatic hydroxyl groups excluding tert-OH is 2. The third-order valence-corrected chi connectivity index (χ3v) is 9.98. The molecule has 3 N–H and O–H groups in total. The van der Waals surface area contributed by atoms with Gasteiger partial charge < -0.3 is 20.3 Å². The van der Waals surface area contributed by atoms with E-state index in [-0.39, 0.29) is 24.9 Å². The van der Waals surface area contributed by atoms with Gasteiger partial charge in [0.2, 0.25) is 5.91 Å². The Bertz CT molecular complexity index is 869. The highest BCUT2D eigenvalue weighted by Gasteiger charge is 2.24. The summed E-state index contributed by atoms with van der Waals surface area (Å²) in [6.07, 6.45) is 44.9. The minimum atomic E-state index is -0.786. The fraction of sp³-hybridized carbons (Fsp3) is 0.826. The van der Waals surface area contributed by atoms with Gasteiger partial charge in [0.25, 0.3) is 0 Å². The van der Waals surface area contributed by atoms with Crippen molar-refractivity contribution in [1.29, 1.82) is 0 Å². The van der Waals surface area contributed by atoms with Crippen molar-refractivity contribution in [2.75, 3.05) is 6.61 Å². The van der Waals surface area contributed by atoms with Crippen LogP contribution in [0.5, 0.6) is 0 Å². The minimum absolute atomic E-state index is 0.0706. The number of carbonyl (C=O) groups is 2. The molecule has 1 amide bonds. The molecule has 0 spiro atoms. The Kier molecular flexibility index (Phi) is 38.8. The molecule has 0 aliphatic carbocycles. The number of rotatable bonds is 39. The molecule has 0 radical (unpaired) electrons. The van der Waals surface area contributed by atoms with Crippen molar-refractivity contribution in [3.05, 3.63) is 36.5 Å². The molecule has 0 aromatic heterocycles. The molecule has 0 saturated heterocycles. The molecular formula is C46H85NO5. The van der Waals surface area contributed by atoms with E-state index in [2.05, 4.69) is 62.5 Å². The first-order valence-corrected chi connectivity index (χ1v) is 22.2. The number of unbranched alkanes of at least 4 members (excludes halogenated alkanes) is 21. The lowest BCUT2D eigenvalue weighted by Crippen LogP contribution is -2.46. The molecule has 304 valence electrons. The van der Waals surface area contributed by atoms with Gasteiger partial charge in [-0.05, 0) is 57.8 Å². The summed E-state index contributed by atoms with van der Waals surface area (Å²) < 4.78 is 5.87. The molecule has 3 unspecified atom stereocenters. The van der Waals surface area contributed by atoms with Crippen molar-refractivity contribution in [1.82, 2.24) is 5.32 Å². The van der Waals surface area contributed by atoms with Crippen molar-refractivity contribution >= 4 is 11.9 Å². The second-order valence-electron chi connectivity index (χ2n) is 15.1. The average molecular weight is 732 g/mol. The van der Waals surface area contributed by atoms with Crippen molar-refractivity contribution < 1.29 is 24.5 Å². The summed E-state index contributed by atoms with van der Waals surface area (Å²) in [5.74, 6) is -0.499. The summed E-state index contributed by atoms with van der Waals surface area (Å²) in [6, 6.07) is -0.700. The van der Waals surface area contributed by atoms with Crippen LogP contribution in [0.1, 0.15) is 220 Å². The molecule has 0 aliphatic rings. The van der Waals surface area contributed by atoms with E-state index in [4.69, 9.17) is 4.74 Å². The van der Waals surface area contributed by atoms with E-state index >= 15 is 0 Å². The monoisotopic (exact) mass is 732 g/mol. The molecule has 6 nitrogen and oxygen atoms in total. The average Bonchev–Trinajstić information content (AvgIpc) is 3.13. The highest BCUT2D eigenvalue weighted by molar-refractivity contribution is 5.77. The largest absolute Gasteiger partial charge is 0.462 e. The zero-order valence-corrected chi connectivity index (χ0v) is 34.4. The number of hydrogen-bond acceptors (Lipinski definition) is 5. The van der Waals surface area contributed by atoms with Gasteiger partial charge in [0.05, 0.1) is 25.2 Å². The van der Waals surface area contributed by atoms with Gasteiger partial charge in [-0.2, -0.15) is 0 Å². The highest BCUT2D eigenvalue weighted by Crippen LogP contribution is 2.17. The molecule has 0 aliphatic heterocycles. The van der Waals surface area contributed by atoms with Gasteiger partial charge in [0.1, 0.15) is 6.10 Å². The Morgan fingerprint density at radius 3 is 1.58 bits per heavy atom. The Morgan fingerprint density at radius 2 is 1.04 bits per heavy atom. The molecule has 0 saturated carbocycles. The molecule has 52 heavy (non-hydrogen) atoms. The van der Waals surface area contributed by atoms with E-state index in [0.29, 0.717) is 19.3 Å². The van der Waals surface area contributed by atoms with Crippen LogP contribution in [0, 0.1) is 0 Å². The van der Waals surface area contributed by atoms with Crippen LogP contribution in [-0.2, 0) is 14.3 Å². The maximum atomic E-state index is 13.1. The quantitative estimate of drug-likeness (QED) is 0.0332. The number of aliphatic hydroxyl groups is 2. The number of esters is 1. The van der Waals surface area contributed by atoms with Crippen molar-refractivity contribution in [3.8, 4) is 0 Å². The fourth-order valence-corrected chi connectivity index (χ4v) is 6.62. The second kappa shape index (κ2) is 40.3. The predicted molar refractivity (Wildman–Crippen MR) is 222 cm³/mol. The Balaban J connectivity index is 4.57. The molecule has 0 aromatic rings.